The highest BCUT2D eigenvalue weighted by Crippen LogP contribution is 2.19. The predicted octanol–water partition coefficient (Wildman–Crippen LogP) is 3.33. The Hall–Kier alpha value is -2.33. The second kappa shape index (κ2) is 7.29. The normalized spacial score (nSPS) is 12.5. The van der Waals surface area contributed by atoms with E-state index in [1.165, 1.54) is 0 Å². The van der Waals surface area contributed by atoms with E-state index in [-0.39, 0.29) is 18.1 Å². The van der Waals surface area contributed by atoms with Crippen molar-refractivity contribution in [3.63, 3.8) is 0 Å². The van der Waals surface area contributed by atoms with E-state index in [1.54, 1.807) is 24.3 Å². The van der Waals surface area contributed by atoms with Gasteiger partial charge in [0.1, 0.15) is 11.4 Å². The van der Waals surface area contributed by atoms with Gasteiger partial charge in [-0.2, -0.15) is 0 Å². The number of amides is 1. The van der Waals surface area contributed by atoms with Crippen molar-refractivity contribution >= 4 is 5.91 Å². The van der Waals surface area contributed by atoms with Crippen LogP contribution in [0.2, 0.25) is 0 Å². The summed E-state index contributed by atoms with van der Waals surface area (Å²) >= 11 is 0. The molecule has 2 rings (SSSR count). The molecular formula is C19H23NO3. The van der Waals surface area contributed by atoms with Gasteiger partial charge in [0.25, 0.3) is 5.91 Å². The van der Waals surface area contributed by atoms with Crippen molar-refractivity contribution in [3.8, 4) is 5.75 Å². The highest BCUT2D eigenvalue weighted by atomic mass is 16.5. The standard InChI is InChI=1S/C19H23NO3/c1-19(2,3)23-16-11-9-15(10-12-16)18(22)20-17(13-21)14-7-5-4-6-8-14/h4-12,17,21H,13H2,1-3H3,(H,20,22). The molecule has 1 unspecified atom stereocenters. The first kappa shape index (κ1) is 17.0. The lowest BCUT2D eigenvalue weighted by Gasteiger charge is -2.21. The molecule has 0 aliphatic carbocycles. The van der Waals surface area contributed by atoms with Crippen LogP contribution in [0.15, 0.2) is 54.6 Å². The summed E-state index contributed by atoms with van der Waals surface area (Å²) in [4.78, 5) is 12.3. The zero-order valence-electron chi connectivity index (χ0n) is 13.7. The van der Waals surface area contributed by atoms with Crippen molar-refractivity contribution in [2.24, 2.45) is 0 Å². The highest BCUT2D eigenvalue weighted by molar-refractivity contribution is 5.94. The van der Waals surface area contributed by atoms with Crippen LogP contribution in [0.4, 0.5) is 0 Å². The summed E-state index contributed by atoms with van der Waals surface area (Å²) in [7, 11) is 0. The molecule has 2 aromatic carbocycles. The molecule has 23 heavy (non-hydrogen) atoms. The Morgan fingerprint density at radius 3 is 2.22 bits per heavy atom. The monoisotopic (exact) mass is 313 g/mol. The van der Waals surface area contributed by atoms with Gasteiger partial charge in [0.2, 0.25) is 0 Å². The maximum atomic E-state index is 12.3. The average Bonchev–Trinajstić information content (AvgIpc) is 2.52. The lowest BCUT2D eigenvalue weighted by Crippen LogP contribution is -2.30. The number of carbonyl (C=O) groups excluding carboxylic acids is 1. The quantitative estimate of drug-likeness (QED) is 0.890. The van der Waals surface area contributed by atoms with Crippen molar-refractivity contribution in [1.82, 2.24) is 5.32 Å². The molecule has 0 radical (unpaired) electrons. The fourth-order valence-corrected chi connectivity index (χ4v) is 2.19. The lowest BCUT2D eigenvalue weighted by atomic mass is 10.1. The van der Waals surface area contributed by atoms with E-state index in [0.717, 1.165) is 11.3 Å². The summed E-state index contributed by atoms with van der Waals surface area (Å²) in [5.74, 6) is 0.492. The Bertz CT molecular complexity index is 630. The third-order valence-corrected chi connectivity index (χ3v) is 3.23. The van der Waals surface area contributed by atoms with Crippen LogP contribution >= 0.6 is 0 Å². The van der Waals surface area contributed by atoms with Crippen molar-refractivity contribution in [2.75, 3.05) is 6.61 Å². The maximum Gasteiger partial charge on any atom is 0.251 e. The molecule has 0 saturated carbocycles. The summed E-state index contributed by atoms with van der Waals surface area (Å²) < 4.78 is 5.74. The zero-order chi connectivity index (χ0) is 16.9. The first-order valence-corrected chi connectivity index (χ1v) is 7.65. The fourth-order valence-electron chi connectivity index (χ4n) is 2.19. The Kier molecular flexibility index (Phi) is 5.40. The lowest BCUT2D eigenvalue weighted by molar-refractivity contribution is 0.0916. The molecule has 0 aliphatic rings. The number of hydrogen-bond donors (Lipinski definition) is 2. The molecule has 4 nitrogen and oxygen atoms in total. The number of nitrogens with one attached hydrogen (secondary N) is 1. The molecule has 0 aliphatic heterocycles. The van der Waals surface area contributed by atoms with Gasteiger partial charge in [0.15, 0.2) is 0 Å². The van der Waals surface area contributed by atoms with Crippen molar-refractivity contribution in [1.29, 1.82) is 0 Å². The SMILES string of the molecule is CC(C)(C)Oc1ccc(C(=O)NC(CO)c2ccccc2)cc1. The Balaban J connectivity index is 2.05. The summed E-state index contributed by atoms with van der Waals surface area (Å²) in [5.41, 5.74) is 1.12. The second-order valence-corrected chi connectivity index (χ2v) is 6.36. The largest absolute Gasteiger partial charge is 0.488 e. The molecule has 0 saturated heterocycles. The number of hydrogen-bond acceptors (Lipinski definition) is 3. The van der Waals surface area contributed by atoms with E-state index in [0.29, 0.717) is 5.56 Å². The topological polar surface area (TPSA) is 58.6 Å². The molecule has 1 atom stereocenters. The number of ether oxygens (including phenoxy) is 1. The molecule has 1 amide bonds. The van der Waals surface area contributed by atoms with Crippen molar-refractivity contribution in [3.05, 3.63) is 65.7 Å². The number of benzene rings is 2. The van der Waals surface area contributed by atoms with E-state index < -0.39 is 6.04 Å². The Morgan fingerprint density at radius 1 is 1.09 bits per heavy atom. The first-order valence-electron chi connectivity index (χ1n) is 7.65. The van der Waals surface area contributed by atoms with Crippen molar-refractivity contribution < 1.29 is 14.6 Å². The van der Waals surface area contributed by atoms with Gasteiger partial charge >= 0.3 is 0 Å². The summed E-state index contributed by atoms with van der Waals surface area (Å²) in [6.07, 6.45) is 0. The molecular weight excluding hydrogens is 290 g/mol. The van der Waals surface area contributed by atoms with Gasteiger partial charge in [-0.25, -0.2) is 0 Å². The third-order valence-electron chi connectivity index (χ3n) is 3.23. The molecule has 2 N–H and O–H groups in total. The highest BCUT2D eigenvalue weighted by Gasteiger charge is 2.16. The molecule has 0 fully saturated rings. The minimum atomic E-state index is -0.422. The van der Waals surface area contributed by atoms with Crippen molar-refractivity contribution in [2.45, 2.75) is 32.4 Å². The Labute approximate surface area is 137 Å². The van der Waals surface area contributed by atoms with Gasteiger partial charge in [-0.15, -0.1) is 0 Å². The fraction of sp³-hybridized carbons (Fsp3) is 0.316. The maximum absolute atomic E-state index is 12.3. The van der Waals surface area contributed by atoms with Gasteiger partial charge in [-0.05, 0) is 50.6 Å². The van der Waals surface area contributed by atoms with E-state index >= 15 is 0 Å². The van der Waals surface area contributed by atoms with E-state index in [1.807, 2.05) is 51.1 Å². The van der Waals surface area contributed by atoms with Crippen LogP contribution in [-0.4, -0.2) is 23.2 Å². The van der Waals surface area contributed by atoms with Crippen LogP contribution < -0.4 is 10.1 Å². The van der Waals surface area contributed by atoms with Crippen LogP contribution in [0.5, 0.6) is 5.75 Å². The summed E-state index contributed by atoms with van der Waals surface area (Å²) in [6.45, 7) is 5.76. The molecule has 0 bridgehead atoms. The summed E-state index contributed by atoms with van der Waals surface area (Å²) in [6, 6.07) is 16.0. The first-order chi connectivity index (χ1) is 10.9. The molecule has 0 aromatic heterocycles. The molecule has 0 spiro atoms. The van der Waals surface area contributed by atoms with Gasteiger partial charge < -0.3 is 15.2 Å². The number of aliphatic hydroxyl groups excluding tert-OH is 1. The van der Waals surface area contributed by atoms with Gasteiger partial charge in [-0.1, -0.05) is 30.3 Å². The summed E-state index contributed by atoms with van der Waals surface area (Å²) in [5, 5.41) is 12.3. The number of aliphatic hydroxyl groups is 1. The molecule has 4 heteroatoms. The molecule has 2 aromatic rings. The van der Waals surface area contributed by atoms with Crippen LogP contribution in [-0.2, 0) is 0 Å². The molecule has 0 heterocycles. The van der Waals surface area contributed by atoms with Crippen LogP contribution in [0.25, 0.3) is 0 Å². The number of rotatable bonds is 5. The van der Waals surface area contributed by atoms with Crippen LogP contribution in [0.3, 0.4) is 0 Å². The van der Waals surface area contributed by atoms with Gasteiger partial charge in [0.05, 0.1) is 12.6 Å². The van der Waals surface area contributed by atoms with E-state index in [2.05, 4.69) is 5.32 Å². The van der Waals surface area contributed by atoms with Crippen LogP contribution in [0.1, 0.15) is 42.7 Å². The van der Waals surface area contributed by atoms with Gasteiger partial charge in [0, 0.05) is 5.56 Å². The van der Waals surface area contributed by atoms with Crippen LogP contribution in [0, 0.1) is 0 Å². The minimum Gasteiger partial charge on any atom is -0.488 e. The average molecular weight is 313 g/mol. The number of carbonyl (C=O) groups is 1. The van der Waals surface area contributed by atoms with E-state index in [9.17, 15) is 9.90 Å². The minimum absolute atomic E-state index is 0.152. The predicted molar refractivity (Wildman–Crippen MR) is 90.6 cm³/mol. The van der Waals surface area contributed by atoms with Gasteiger partial charge in [-0.3, -0.25) is 4.79 Å². The molecule has 122 valence electrons. The third kappa shape index (κ3) is 5.11. The smallest absolute Gasteiger partial charge is 0.251 e. The second-order valence-electron chi connectivity index (χ2n) is 6.36. The van der Waals surface area contributed by atoms with E-state index in [4.69, 9.17) is 4.74 Å². The zero-order valence-corrected chi connectivity index (χ0v) is 13.7. The Morgan fingerprint density at radius 2 is 1.70 bits per heavy atom.